The van der Waals surface area contributed by atoms with Gasteiger partial charge in [-0.3, -0.25) is 14.3 Å². The van der Waals surface area contributed by atoms with Gasteiger partial charge in [-0.2, -0.15) is 4.98 Å². The van der Waals surface area contributed by atoms with Crippen LogP contribution in [0.3, 0.4) is 0 Å². The van der Waals surface area contributed by atoms with Gasteiger partial charge < -0.3 is 20.7 Å². The number of nitrogens with zero attached hydrogens (tertiary/aromatic N) is 3. The van der Waals surface area contributed by atoms with E-state index in [0.29, 0.717) is 0 Å². The number of nitrogen functional groups attached to an aromatic ring is 1. The van der Waals surface area contributed by atoms with Gasteiger partial charge in [-0.1, -0.05) is 0 Å². The highest BCUT2D eigenvalue weighted by atomic mass is 16.5. The summed E-state index contributed by atoms with van der Waals surface area (Å²) in [6.45, 7) is 1.69. The summed E-state index contributed by atoms with van der Waals surface area (Å²) in [6.07, 6.45) is -2.40. The highest BCUT2D eigenvalue weighted by Crippen LogP contribution is 2.29. The predicted molar refractivity (Wildman–Crippen MR) is 76.3 cm³/mol. The van der Waals surface area contributed by atoms with Crippen molar-refractivity contribution in [2.75, 3.05) is 12.3 Å². The fourth-order valence-corrected chi connectivity index (χ4v) is 2.80. The number of nitrogens with two attached hydrogens (primary N) is 1. The Hall–Kier alpha value is -2.17. The molecule has 0 aromatic carbocycles. The largest absolute Gasteiger partial charge is 0.394 e. The number of imidazole rings is 1. The van der Waals surface area contributed by atoms with Crippen LogP contribution in [0.1, 0.15) is 19.6 Å². The number of aliphatic hydroxyl groups excluding tert-OH is 2. The molecule has 2 aromatic heterocycles. The van der Waals surface area contributed by atoms with E-state index in [9.17, 15) is 14.7 Å². The first-order valence-electron chi connectivity index (χ1n) is 6.92. The summed E-state index contributed by atoms with van der Waals surface area (Å²) >= 11 is 0. The molecular weight excluding hydrogens is 294 g/mol. The van der Waals surface area contributed by atoms with Gasteiger partial charge in [-0.15, -0.1) is 0 Å². The number of aliphatic hydroxyl groups is 2. The van der Waals surface area contributed by atoms with Crippen molar-refractivity contribution in [2.45, 2.75) is 38.3 Å². The maximum absolute atomic E-state index is 12.5. The smallest absolute Gasteiger partial charge is 0.332 e. The monoisotopic (exact) mass is 311 g/mol. The number of H-pyrrole nitrogens is 1. The minimum atomic E-state index is -1.02. The van der Waals surface area contributed by atoms with Crippen molar-refractivity contribution < 1.29 is 14.9 Å². The highest BCUT2D eigenvalue weighted by Gasteiger charge is 2.38. The molecule has 2 aromatic rings. The summed E-state index contributed by atoms with van der Waals surface area (Å²) in [5.41, 5.74) is 4.61. The topological polar surface area (TPSA) is 148 Å². The van der Waals surface area contributed by atoms with Gasteiger partial charge in [0.05, 0.1) is 12.7 Å². The number of fused-ring (bicyclic) bond motifs is 1. The molecule has 0 spiro atoms. The van der Waals surface area contributed by atoms with E-state index in [2.05, 4.69) is 9.97 Å². The molecule has 10 heteroatoms. The first kappa shape index (κ1) is 14.8. The number of hydrogen-bond donors (Lipinski definition) is 4. The lowest BCUT2D eigenvalue weighted by Gasteiger charge is -2.15. The Morgan fingerprint density at radius 1 is 1.50 bits per heavy atom. The lowest BCUT2D eigenvalue weighted by molar-refractivity contribution is -0.0505. The summed E-state index contributed by atoms with van der Waals surface area (Å²) in [5.74, 6) is -0.134. The van der Waals surface area contributed by atoms with Crippen molar-refractivity contribution in [3.8, 4) is 0 Å². The zero-order valence-electron chi connectivity index (χ0n) is 11.9. The predicted octanol–water partition coefficient (Wildman–Crippen LogP) is -1.87. The second-order valence-electron chi connectivity index (χ2n) is 5.15. The minimum Gasteiger partial charge on any atom is -0.394 e. The number of nitrogens with one attached hydrogen (secondary N) is 1. The van der Waals surface area contributed by atoms with Gasteiger partial charge >= 0.3 is 5.69 Å². The third-order valence-corrected chi connectivity index (χ3v) is 3.77. The van der Waals surface area contributed by atoms with Gasteiger partial charge in [-0.25, -0.2) is 9.36 Å². The molecule has 1 aliphatic rings. The summed E-state index contributed by atoms with van der Waals surface area (Å²) in [7, 11) is 0. The van der Waals surface area contributed by atoms with E-state index in [1.54, 1.807) is 6.92 Å². The number of anilines is 1. The Morgan fingerprint density at radius 2 is 2.23 bits per heavy atom. The van der Waals surface area contributed by atoms with E-state index in [4.69, 9.17) is 15.6 Å². The maximum atomic E-state index is 12.5. The summed E-state index contributed by atoms with van der Waals surface area (Å²) in [5, 5.41) is 19.2. The second kappa shape index (κ2) is 5.23. The summed E-state index contributed by atoms with van der Waals surface area (Å²) in [6, 6.07) is 0. The van der Waals surface area contributed by atoms with Crippen molar-refractivity contribution in [3.05, 3.63) is 20.8 Å². The van der Waals surface area contributed by atoms with Crippen LogP contribution in [0.5, 0.6) is 0 Å². The molecule has 1 aliphatic heterocycles. The Labute approximate surface area is 123 Å². The molecule has 0 unspecified atom stereocenters. The van der Waals surface area contributed by atoms with Crippen LogP contribution in [0.2, 0.25) is 0 Å². The van der Waals surface area contributed by atoms with Crippen LogP contribution in [-0.2, 0) is 11.3 Å². The molecule has 10 nitrogen and oxygen atoms in total. The number of hydrogen-bond acceptors (Lipinski definition) is 7. The van der Waals surface area contributed by atoms with Crippen LogP contribution >= 0.6 is 0 Å². The van der Waals surface area contributed by atoms with E-state index in [0.717, 1.165) is 4.57 Å². The average Bonchev–Trinajstić information content (AvgIpc) is 2.96. The quantitative estimate of drug-likeness (QED) is 0.519. The van der Waals surface area contributed by atoms with Crippen molar-refractivity contribution in [1.29, 1.82) is 0 Å². The first-order chi connectivity index (χ1) is 10.5. The summed E-state index contributed by atoms with van der Waals surface area (Å²) in [4.78, 5) is 31.0. The Morgan fingerprint density at radius 3 is 2.82 bits per heavy atom. The van der Waals surface area contributed by atoms with Crippen LogP contribution in [0.4, 0.5) is 5.95 Å². The van der Waals surface area contributed by atoms with Crippen LogP contribution < -0.4 is 17.0 Å². The molecular formula is C12H17N5O5. The molecule has 0 amide bonds. The minimum absolute atomic E-state index is 0.0516. The van der Waals surface area contributed by atoms with E-state index in [1.165, 1.54) is 4.57 Å². The zero-order valence-corrected chi connectivity index (χ0v) is 11.9. The fourth-order valence-electron chi connectivity index (χ4n) is 2.80. The van der Waals surface area contributed by atoms with Crippen molar-refractivity contribution in [1.82, 2.24) is 19.1 Å². The summed E-state index contributed by atoms with van der Waals surface area (Å²) < 4.78 is 7.85. The number of aromatic nitrogens is 4. The number of aromatic amines is 1. The molecule has 5 N–H and O–H groups in total. The third kappa shape index (κ3) is 2.03. The van der Waals surface area contributed by atoms with Crippen molar-refractivity contribution >= 4 is 17.1 Å². The molecule has 3 rings (SSSR count). The third-order valence-electron chi connectivity index (χ3n) is 3.77. The number of aryl methyl sites for hydroxylation is 1. The van der Waals surface area contributed by atoms with Crippen LogP contribution in [-0.4, -0.2) is 48.1 Å². The molecule has 3 atom stereocenters. The highest BCUT2D eigenvalue weighted by molar-refractivity contribution is 5.71. The molecule has 1 fully saturated rings. The zero-order chi connectivity index (χ0) is 16.0. The van der Waals surface area contributed by atoms with E-state index < -0.39 is 29.7 Å². The van der Waals surface area contributed by atoms with E-state index >= 15 is 0 Å². The van der Waals surface area contributed by atoms with Gasteiger partial charge in [0, 0.05) is 13.0 Å². The van der Waals surface area contributed by atoms with Gasteiger partial charge in [0.2, 0.25) is 5.95 Å². The van der Waals surface area contributed by atoms with E-state index in [-0.39, 0.29) is 36.7 Å². The molecule has 0 saturated carbocycles. The van der Waals surface area contributed by atoms with Gasteiger partial charge in [0.15, 0.2) is 17.4 Å². The van der Waals surface area contributed by atoms with Crippen molar-refractivity contribution in [2.24, 2.45) is 0 Å². The average molecular weight is 311 g/mol. The second-order valence-corrected chi connectivity index (χ2v) is 5.15. The Kier molecular flexibility index (Phi) is 3.51. The maximum Gasteiger partial charge on any atom is 0.332 e. The lowest BCUT2D eigenvalue weighted by Crippen LogP contribution is -2.31. The Balaban J connectivity index is 2.28. The number of rotatable bonds is 3. The normalized spacial score (nSPS) is 25.1. The lowest BCUT2D eigenvalue weighted by atomic mass is 10.2. The van der Waals surface area contributed by atoms with E-state index in [1.807, 2.05) is 0 Å². The van der Waals surface area contributed by atoms with Crippen LogP contribution in [0.25, 0.3) is 11.2 Å². The number of ether oxygens (including phenoxy) is 1. The molecule has 22 heavy (non-hydrogen) atoms. The fraction of sp³-hybridized carbons (Fsp3) is 0.583. The molecule has 0 bridgehead atoms. The molecule has 1 saturated heterocycles. The van der Waals surface area contributed by atoms with Crippen LogP contribution in [0.15, 0.2) is 9.59 Å². The standard InChI is InChI=1S/C12H17N5O5/c1-2-16-7-8(14-11(13)15-9(7)20)17(12(16)21)10-6(19)3-5(4-18)22-10/h5-6,10,18-19H,2-4H2,1H3,(H3,13,14,15,20)/t5-,6+,10+/m0/s1. The Bertz CT molecular complexity index is 822. The molecule has 120 valence electrons. The van der Waals surface area contributed by atoms with Crippen molar-refractivity contribution in [3.63, 3.8) is 0 Å². The molecule has 0 radical (unpaired) electrons. The molecule has 0 aliphatic carbocycles. The molecule has 3 heterocycles. The first-order valence-corrected chi connectivity index (χ1v) is 6.92. The van der Waals surface area contributed by atoms with Gasteiger partial charge in [-0.05, 0) is 6.92 Å². The SMILES string of the molecule is CCn1c(=O)n([C@@H]2O[C@H](CO)C[C@H]2O)c2nc(N)[nH]c(=O)c21. The van der Waals surface area contributed by atoms with Gasteiger partial charge in [0.25, 0.3) is 5.56 Å². The van der Waals surface area contributed by atoms with Gasteiger partial charge in [0.1, 0.15) is 6.10 Å². The van der Waals surface area contributed by atoms with Crippen LogP contribution in [0, 0.1) is 0 Å².